The summed E-state index contributed by atoms with van der Waals surface area (Å²) in [4.78, 5) is 13.9. The van der Waals surface area contributed by atoms with Gasteiger partial charge in [0.15, 0.2) is 0 Å². The van der Waals surface area contributed by atoms with Gasteiger partial charge in [0.2, 0.25) is 0 Å². The zero-order valence-electron chi connectivity index (χ0n) is 11.0. The van der Waals surface area contributed by atoms with Gasteiger partial charge in [0, 0.05) is 12.7 Å². The molecule has 1 saturated carbocycles. The van der Waals surface area contributed by atoms with E-state index < -0.39 is 11.9 Å². The number of amides is 1. The predicted molar refractivity (Wildman–Crippen MR) is 71.2 cm³/mol. The standard InChI is InChI=1S/C14H19FN2O2/c1-17(12-4-2-3-5-13(12)18)14(19)10-7-6-9(15)8-11(10)16/h6-8,12-13,18H,2-5,16H2,1H3. The van der Waals surface area contributed by atoms with Crippen LogP contribution in [-0.2, 0) is 0 Å². The molecule has 2 atom stereocenters. The van der Waals surface area contributed by atoms with Gasteiger partial charge in [-0.25, -0.2) is 4.39 Å². The lowest BCUT2D eigenvalue weighted by molar-refractivity contribution is 0.0268. The van der Waals surface area contributed by atoms with Gasteiger partial charge in [-0.1, -0.05) is 12.8 Å². The Bertz CT molecular complexity index is 479. The SMILES string of the molecule is CN(C(=O)c1ccc(F)cc1N)C1CCCCC1O. The fourth-order valence-corrected chi connectivity index (χ4v) is 2.61. The molecule has 4 nitrogen and oxygen atoms in total. The van der Waals surface area contributed by atoms with Gasteiger partial charge < -0.3 is 15.7 Å². The van der Waals surface area contributed by atoms with Crippen molar-refractivity contribution >= 4 is 11.6 Å². The van der Waals surface area contributed by atoms with Gasteiger partial charge in [0.05, 0.1) is 17.7 Å². The molecular weight excluding hydrogens is 247 g/mol. The van der Waals surface area contributed by atoms with E-state index in [4.69, 9.17) is 5.73 Å². The van der Waals surface area contributed by atoms with Gasteiger partial charge >= 0.3 is 0 Å². The summed E-state index contributed by atoms with van der Waals surface area (Å²) in [6.07, 6.45) is 2.98. The Morgan fingerprint density at radius 1 is 1.42 bits per heavy atom. The number of aliphatic hydroxyl groups is 1. The minimum absolute atomic E-state index is 0.127. The van der Waals surface area contributed by atoms with Crippen LogP contribution in [0.5, 0.6) is 0 Å². The molecule has 3 N–H and O–H groups in total. The lowest BCUT2D eigenvalue weighted by Gasteiger charge is -2.35. The molecule has 0 radical (unpaired) electrons. The van der Waals surface area contributed by atoms with E-state index in [1.807, 2.05) is 0 Å². The average molecular weight is 266 g/mol. The number of nitrogen functional groups attached to an aromatic ring is 1. The highest BCUT2D eigenvalue weighted by molar-refractivity contribution is 5.99. The Kier molecular flexibility index (Phi) is 4.04. The molecular formula is C14H19FN2O2. The third kappa shape index (κ3) is 2.87. The van der Waals surface area contributed by atoms with E-state index in [9.17, 15) is 14.3 Å². The molecule has 1 aromatic rings. The number of anilines is 1. The van der Waals surface area contributed by atoms with Crippen LogP contribution in [0.2, 0.25) is 0 Å². The zero-order valence-corrected chi connectivity index (χ0v) is 11.0. The molecule has 1 aromatic carbocycles. The Morgan fingerprint density at radius 2 is 2.11 bits per heavy atom. The van der Waals surface area contributed by atoms with E-state index in [-0.39, 0.29) is 23.2 Å². The monoisotopic (exact) mass is 266 g/mol. The second-order valence-corrected chi connectivity index (χ2v) is 5.07. The van der Waals surface area contributed by atoms with Crippen LogP contribution in [0.25, 0.3) is 0 Å². The fourth-order valence-electron chi connectivity index (χ4n) is 2.61. The quantitative estimate of drug-likeness (QED) is 0.802. The van der Waals surface area contributed by atoms with E-state index >= 15 is 0 Å². The van der Waals surface area contributed by atoms with Crippen LogP contribution in [-0.4, -0.2) is 35.1 Å². The van der Waals surface area contributed by atoms with Crippen molar-refractivity contribution < 1.29 is 14.3 Å². The summed E-state index contributed by atoms with van der Waals surface area (Å²) in [6.45, 7) is 0. The maximum Gasteiger partial charge on any atom is 0.256 e. The minimum Gasteiger partial charge on any atom is -0.398 e. The van der Waals surface area contributed by atoms with Gasteiger partial charge in [0.25, 0.3) is 5.91 Å². The molecule has 0 bridgehead atoms. The molecule has 5 heteroatoms. The van der Waals surface area contributed by atoms with Crippen molar-refractivity contribution in [3.8, 4) is 0 Å². The summed E-state index contributed by atoms with van der Waals surface area (Å²) in [5, 5.41) is 9.96. The molecule has 104 valence electrons. The van der Waals surface area contributed by atoms with Crippen LogP contribution in [0.4, 0.5) is 10.1 Å². The molecule has 1 aliphatic carbocycles. The van der Waals surface area contributed by atoms with Gasteiger partial charge in [-0.15, -0.1) is 0 Å². The number of aliphatic hydroxyl groups excluding tert-OH is 1. The fraction of sp³-hybridized carbons (Fsp3) is 0.500. The number of benzene rings is 1. The maximum absolute atomic E-state index is 13.0. The Balaban J connectivity index is 2.18. The van der Waals surface area contributed by atoms with Crippen molar-refractivity contribution in [1.29, 1.82) is 0 Å². The number of halogens is 1. The molecule has 0 spiro atoms. The van der Waals surface area contributed by atoms with Crippen LogP contribution in [0.3, 0.4) is 0 Å². The number of nitrogens with two attached hydrogens (primary N) is 1. The maximum atomic E-state index is 13.0. The number of nitrogens with zero attached hydrogens (tertiary/aromatic N) is 1. The van der Waals surface area contributed by atoms with E-state index in [2.05, 4.69) is 0 Å². The second kappa shape index (κ2) is 5.57. The lowest BCUT2D eigenvalue weighted by atomic mass is 9.91. The normalized spacial score (nSPS) is 23.1. The van der Waals surface area contributed by atoms with Gasteiger partial charge in [-0.3, -0.25) is 4.79 Å². The van der Waals surface area contributed by atoms with Crippen molar-refractivity contribution in [1.82, 2.24) is 4.90 Å². The van der Waals surface area contributed by atoms with Crippen LogP contribution in [0.1, 0.15) is 36.0 Å². The van der Waals surface area contributed by atoms with E-state index in [0.717, 1.165) is 25.3 Å². The van der Waals surface area contributed by atoms with Crippen molar-refractivity contribution in [2.75, 3.05) is 12.8 Å². The summed E-state index contributed by atoms with van der Waals surface area (Å²) in [7, 11) is 1.66. The van der Waals surface area contributed by atoms with Crippen LogP contribution >= 0.6 is 0 Å². The number of hydrogen-bond acceptors (Lipinski definition) is 3. The highest BCUT2D eigenvalue weighted by atomic mass is 19.1. The van der Waals surface area contributed by atoms with Crippen molar-refractivity contribution in [3.05, 3.63) is 29.6 Å². The van der Waals surface area contributed by atoms with Crippen molar-refractivity contribution in [3.63, 3.8) is 0 Å². The Morgan fingerprint density at radius 3 is 2.74 bits per heavy atom. The number of carbonyl (C=O) groups excluding carboxylic acids is 1. The summed E-state index contributed by atoms with van der Waals surface area (Å²) >= 11 is 0. The number of hydrogen-bond donors (Lipinski definition) is 2. The highest BCUT2D eigenvalue weighted by Crippen LogP contribution is 2.25. The van der Waals surface area contributed by atoms with Crippen LogP contribution in [0.15, 0.2) is 18.2 Å². The molecule has 2 unspecified atom stereocenters. The summed E-state index contributed by atoms with van der Waals surface area (Å²) in [5.41, 5.74) is 6.08. The topological polar surface area (TPSA) is 66.6 Å². The first-order chi connectivity index (χ1) is 9.00. The summed E-state index contributed by atoms with van der Waals surface area (Å²) < 4.78 is 13.0. The van der Waals surface area contributed by atoms with E-state index in [1.54, 1.807) is 7.05 Å². The highest BCUT2D eigenvalue weighted by Gasteiger charge is 2.30. The average Bonchev–Trinajstić information content (AvgIpc) is 2.38. The lowest BCUT2D eigenvalue weighted by Crippen LogP contribution is -2.46. The third-order valence-electron chi connectivity index (χ3n) is 3.76. The predicted octanol–water partition coefficient (Wildman–Crippen LogP) is 1.78. The largest absolute Gasteiger partial charge is 0.398 e. The summed E-state index contributed by atoms with van der Waals surface area (Å²) in [5.74, 6) is -0.738. The van der Waals surface area contributed by atoms with E-state index in [1.165, 1.54) is 17.0 Å². The number of likely N-dealkylation sites (N-methyl/N-ethyl adjacent to an activating group) is 1. The van der Waals surface area contributed by atoms with E-state index in [0.29, 0.717) is 6.42 Å². The molecule has 2 rings (SSSR count). The molecule has 0 heterocycles. The van der Waals surface area contributed by atoms with Crippen LogP contribution < -0.4 is 5.73 Å². The molecule has 1 aliphatic rings. The first-order valence-corrected chi connectivity index (χ1v) is 6.51. The third-order valence-corrected chi connectivity index (χ3v) is 3.76. The molecule has 0 aliphatic heterocycles. The molecule has 1 fully saturated rings. The Labute approximate surface area is 112 Å². The summed E-state index contributed by atoms with van der Waals surface area (Å²) in [6, 6.07) is 3.55. The molecule has 19 heavy (non-hydrogen) atoms. The molecule has 0 aromatic heterocycles. The first kappa shape index (κ1) is 13.8. The second-order valence-electron chi connectivity index (χ2n) is 5.07. The van der Waals surface area contributed by atoms with Gasteiger partial charge in [-0.2, -0.15) is 0 Å². The van der Waals surface area contributed by atoms with Gasteiger partial charge in [0.1, 0.15) is 5.82 Å². The first-order valence-electron chi connectivity index (χ1n) is 6.51. The molecule has 0 saturated heterocycles. The Hall–Kier alpha value is -1.62. The van der Waals surface area contributed by atoms with Crippen LogP contribution in [0, 0.1) is 5.82 Å². The smallest absolute Gasteiger partial charge is 0.256 e. The zero-order chi connectivity index (χ0) is 14.0. The minimum atomic E-state index is -0.496. The number of rotatable bonds is 2. The van der Waals surface area contributed by atoms with Crippen molar-refractivity contribution in [2.24, 2.45) is 0 Å². The van der Waals surface area contributed by atoms with Crippen molar-refractivity contribution in [2.45, 2.75) is 37.8 Å². The number of carbonyl (C=O) groups is 1. The van der Waals surface area contributed by atoms with Gasteiger partial charge in [-0.05, 0) is 31.0 Å². The molecule has 1 amide bonds.